The zero-order chi connectivity index (χ0) is 12.3. The fourth-order valence-corrected chi connectivity index (χ4v) is 2.04. The van der Waals surface area contributed by atoms with E-state index >= 15 is 0 Å². The maximum absolute atomic E-state index is 5.38. The summed E-state index contributed by atoms with van der Waals surface area (Å²) >= 11 is 3.39. The predicted octanol–water partition coefficient (Wildman–Crippen LogP) is 2.85. The quantitative estimate of drug-likeness (QED) is 0.814. The van der Waals surface area contributed by atoms with Gasteiger partial charge in [0.15, 0.2) is 0 Å². The summed E-state index contributed by atoms with van der Waals surface area (Å²) in [6.07, 6.45) is 8.93. The van der Waals surface area contributed by atoms with Crippen molar-refractivity contribution >= 4 is 32.7 Å². The second-order valence-electron chi connectivity index (χ2n) is 3.57. The first kappa shape index (κ1) is 11.9. The van der Waals surface area contributed by atoms with E-state index in [-0.39, 0.29) is 0 Å². The Morgan fingerprint density at radius 1 is 1.47 bits per heavy atom. The van der Waals surface area contributed by atoms with Crippen LogP contribution in [0.5, 0.6) is 0 Å². The number of terminal acetylenes is 1. The van der Waals surface area contributed by atoms with Gasteiger partial charge in [0.25, 0.3) is 0 Å². The molecule has 0 unspecified atom stereocenters. The highest BCUT2D eigenvalue weighted by Crippen LogP contribution is 2.24. The highest BCUT2D eigenvalue weighted by Gasteiger charge is 2.09. The van der Waals surface area contributed by atoms with Gasteiger partial charge in [-0.2, -0.15) is 0 Å². The molecule has 0 aromatic carbocycles. The van der Waals surface area contributed by atoms with Gasteiger partial charge in [-0.05, 0) is 35.0 Å². The minimum Gasteiger partial charge on any atom is -0.359 e. The molecule has 17 heavy (non-hydrogen) atoms. The van der Waals surface area contributed by atoms with Crippen molar-refractivity contribution in [2.75, 3.05) is 18.0 Å². The van der Waals surface area contributed by atoms with Crippen LogP contribution in [0.15, 0.2) is 29.0 Å². The van der Waals surface area contributed by atoms with Crippen molar-refractivity contribution in [1.82, 2.24) is 9.97 Å². The van der Waals surface area contributed by atoms with Crippen molar-refractivity contribution in [1.29, 1.82) is 0 Å². The minimum absolute atomic E-state index is 0.577. The van der Waals surface area contributed by atoms with Gasteiger partial charge in [-0.3, -0.25) is 9.97 Å². The zero-order valence-electron chi connectivity index (χ0n) is 9.52. The van der Waals surface area contributed by atoms with Gasteiger partial charge in [0.1, 0.15) is 5.52 Å². The lowest BCUT2D eigenvalue weighted by molar-refractivity contribution is 0.920. The summed E-state index contributed by atoms with van der Waals surface area (Å²) in [5, 5.41) is 0. The third-order valence-electron chi connectivity index (χ3n) is 2.53. The Morgan fingerprint density at radius 3 is 3.00 bits per heavy atom. The van der Waals surface area contributed by atoms with Crippen LogP contribution < -0.4 is 4.90 Å². The number of halogens is 1. The van der Waals surface area contributed by atoms with Gasteiger partial charge in [0.05, 0.1) is 17.7 Å². The lowest BCUT2D eigenvalue weighted by atomic mass is 10.2. The highest BCUT2D eigenvalue weighted by molar-refractivity contribution is 9.10. The first-order valence-electron chi connectivity index (χ1n) is 5.35. The summed E-state index contributed by atoms with van der Waals surface area (Å²) in [7, 11) is 0. The van der Waals surface area contributed by atoms with Gasteiger partial charge in [-0.25, -0.2) is 0 Å². The highest BCUT2D eigenvalue weighted by atomic mass is 79.9. The van der Waals surface area contributed by atoms with E-state index in [1.807, 2.05) is 12.1 Å². The average molecular weight is 290 g/mol. The molecule has 0 spiro atoms. The van der Waals surface area contributed by atoms with Crippen molar-refractivity contribution in [3.63, 3.8) is 0 Å². The smallest absolute Gasteiger partial charge is 0.112 e. The second-order valence-corrected chi connectivity index (χ2v) is 4.49. The van der Waals surface area contributed by atoms with Crippen LogP contribution in [-0.4, -0.2) is 23.1 Å². The molecule has 2 aromatic rings. The summed E-state index contributed by atoms with van der Waals surface area (Å²) in [6.45, 7) is 3.50. The number of hydrogen-bond acceptors (Lipinski definition) is 3. The molecule has 4 heteroatoms. The van der Waals surface area contributed by atoms with Gasteiger partial charge in [0.2, 0.25) is 0 Å². The molecule has 0 radical (unpaired) electrons. The van der Waals surface area contributed by atoms with E-state index in [4.69, 9.17) is 6.42 Å². The number of nitrogens with zero attached hydrogens (tertiary/aromatic N) is 3. The molecule has 0 atom stereocenters. The summed E-state index contributed by atoms with van der Waals surface area (Å²) in [6, 6.07) is 3.90. The molecule has 0 aliphatic heterocycles. The van der Waals surface area contributed by atoms with E-state index in [1.54, 1.807) is 12.4 Å². The van der Waals surface area contributed by atoms with Crippen molar-refractivity contribution in [3.8, 4) is 12.3 Å². The fraction of sp³-hybridized carbons (Fsp3) is 0.231. The molecular weight excluding hydrogens is 278 g/mol. The maximum atomic E-state index is 5.38. The van der Waals surface area contributed by atoms with Gasteiger partial charge < -0.3 is 4.90 Å². The van der Waals surface area contributed by atoms with Crippen molar-refractivity contribution in [2.24, 2.45) is 0 Å². The average Bonchev–Trinajstić information content (AvgIpc) is 2.35. The van der Waals surface area contributed by atoms with E-state index in [0.29, 0.717) is 6.54 Å². The standard InChI is InChI=1S/C13H12BrN3/c1-3-7-17(4-2)12-5-6-15-11-8-10(14)9-16-13(11)12/h1,5-6,8-9H,4,7H2,2H3. The monoisotopic (exact) mass is 289 g/mol. The number of anilines is 1. The fourth-order valence-electron chi connectivity index (χ4n) is 1.72. The van der Waals surface area contributed by atoms with E-state index in [2.05, 4.69) is 43.6 Å². The molecule has 0 saturated heterocycles. The molecule has 2 aromatic heterocycles. The number of pyridine rings is 2. The number of aromatic nitrogens is 2. The largest absolute Gasteiger partial charge is 0.359 e. The van der Waals surface area contributed by atoms with Gasteiger partial charge in [-0.15, -0.1) is 6.42 Å². The van der Waals surface area contributed by atoms with Gasteiger partial charge in [-0.1, -0.05) is 5.92 Å². The van der Waals surface area contributed by atoms with E-state index < -0.39 is 0 Å². The summed E-state index contributed by atoms with van der Waals surface area (Å²) in [4.78, 5) is 10.8. The normalized spacial score (nSPS) is 10.2. The number of hydrogen-bond donors (Lipinski definition) is 0. The predicted molar refractivity (Wildman–Crippen MR) is 74.0 cm³/mol. The third kappa shape index (κ3) is 2.40. The Kier molecular flexibility index (Phi) is 3.60. The Hall–Kier alpha value is -1.60. The first-order chi connectivity index (χ1) is 8.26. The molecule has 0 saturated carbocycles. The van der Waals surface area contributed by atoms with Crippen LogP contribution in [0.3, 0.4) is 0 Å². The van der Waals surface area contributed by atoms with Crippen molar-refractivity contribution in [3.05, 3.63) is 29.0 Å². The molecule has 0 fully saturated rings. The molecule has 0 amide bonds. The van der Waals surface area contributed by atoms with Crippen LogP contribution >= 0.6 is 15.9 Å². The van der Waals surface area contributed by atoms with E-state index in [1.165, 1.54) is 0 Å². The first-order valence-corrected chi connectivity index (χ1v) is 6.14. The topological polar surface area (TPSA) is 29.0 Å². The summed E-state index contributed by atoms with van der Waals surface area (Å²) in [5.74, 6) is 2.66. The lowest BCUT2D eigenvalue weighted by Crippen LogP contribution is -2.23. The lowest BCUT2D eigenvalue weighted by Gasteiger charge is -2.21. The van der Waals surface area contributed by atoms with Crippen LogP contribution in [0, 0.1) is 12.3 Å². The molecule has 86 valence electrons. The van der Waals surface area contributed by atoms with Gasteiger partial charge in [0, 0.05) is 23.4 Å². The van der Waals surface area contributed by atoms with E-state index in [0.717, 1.165) is 27.7 Å². The molecule has 2 rings (SSSR count). The van der Waals surface area contributed by atoms with Crippen LogP contribution in [0.4, 0.5) is 5.69 Å². The molecule has 0 aliphatic rings. The second kappa shape index (κ2) is 5.15. The molecular formula is C13H12BrN3. The maximum Gasteiger partial charge on any atom is 0.112 e. The minimum atomic E-state index is 0.577. The SMILES string of the molecule is C#CCN(CC)c1ccnc2cc(Br)cnc12. The van der Waals surface area contributed by atoms with Crippen LogP contribution in [0.2, 0.25) is 0 Å². The Balaban J connectivity index is 2.57. The number of rotatable bonds is 3. The molecule has 0 aliphatic carbocycles. The Bertz CT molecular complexity index is 574. The third-order valence-corrected chi connectivity index (χ3v) is 2.96. The van der Waals surface area contributed by atoms with Crippen molar-refractivity contribution < 1.29 is 0 Å². The number of fused-ring (bicyclic) bond motifs is 1. The Labute approximate surface area is 109 Å². The Morgan fingerprint density at radius 2 is 2.29 bits per heavy atom. The summed E-state index contributed by atoms with van der Waals surface area (Å²) < 4.78 is 0.926. The molecule has 3 nitrogen and oxygen atoms in total. The van der Waals surface area contributed by atoms with E-state index in [9.17, 15) is 0 Å². The molecule has 0 bridgehead atoms. The zero-order valence-corrected chi connectivity index (χ0v) is 11.1. The van der Waals surface area contributed by atoms with Crippen LogP contribution in [0.1, 0.15) is 6.92 Å². The van der Waals surface area contributed by atoms with Crippen molar-refractivity contribution in [2.45, 2.75) is 6.92 Å². The molecule has 2 heterocycles. The van der Waals surface area contributed by atoms with Crippen LogP contribution in [-0.2, 0) is 0 Å². The van der Waals surface area contributed by atoms with Crippen LogP contribution in [0.25, 0.3) is 11.0 Å². The molecule has 0 N–H and O–H groups in total. The summed E-state index contributed by atoms with van der Waals surface area (Å²) in [5.41, 5.74) is 2.78. The van der Waals surface area contributed by atoms with Gasteiger partial charge >= 0.3 is 0 Å².